The molecule has 1 atom stereocenters. The maximum atomic E-state index is 4.74. The van der Waals surface area contributed by atoms with Crippen LogP contribution in [0.1, 0.15) is 6.92 Å². The quantitative estimate of drug-likeness (QED) is 0.490. The van der Waals surface area contributed by atoms with E-state index in [1.54, 1.807) is 7.11 Å². The Morgan fingerprint density at radius 3 is 2.33 bits per heavy atom. The van der Waals surface area contributed by atoms with E-state index < -0.39 is 0 Å². The number of rotatable bonds is 2. The van der Waals surface area contributed by atoms with Crippen LogP contribution in [0.3, 0.4) is 0 Å². The summed E-state index contributed by atoms with van der Waals surface area (Å²) in [7, 11) is 1.68. The average Bonchev–Trinajstić information content (AvgIpc) is 1.35. The summed E-state index contributed by atoms with van der Waals surface area (Å²) >= 11 is 0. The van der Waals surface area contributed by atoms with Crippen LogP contribution in [0.2, 0.25) is 0 Å². The standard InChI is InChI=1S/C5H11O/c1-5(2)4-6-3/h5H,1,4H2,2-3H3. The molecule has 0 fully saturated rings. The Bertz CT molecular complexity index is 25.1. The van der Waals surface area contributed by atoms with Gasteiger partial charge in [0.25, 0.3) is 0 Å². The summed E-state index contributed by atoms with van der Waals surface area (Å²) in [5.74, 6) is 0.426. The molecule has 0 aliphatic carbocycles. The molecule has 1 heteroatoms. The van der Waals surface area contributed by atoms with Crippen molar-refractivity contribution in [3.63, 3.8) is 0 Å². The van der Waals surface area contributed by atoms with Crippen molar-refractivity contribution in [2.75, 3.05) is 13.7 Å². The highest BCUT2D eigenvalue weighted by Crippen LogP contribution is 1.87. The molecule has 0 bridgehead atoms. The van der Waals surface area contributed by atoms with E-state index in [0.29, 0.717) is 5.92 Å². The summed E-state index contributed by atoms with van der Waals surface area (Å²) in [6, 6.07) is 0. The zero-order valence-electron chi connectivity index (χ0n) is 4.40. The molecule has 1 unspecified atom stereocenters. The molecule has 0 aliphatic rings. The Morgan fingerprint density at radius 1 is 1.83 bits per heavy atom. The van der Waals surface area contributed by atoms with Gasteiger partial charge in [0, 0.05) is 13.7 Å². The lowest BCUT2D eigenvalue weighted by atomic mass is 10.2. The molecular formula is C5H11O. The van der Waals surface area contributed by atoms with Crippen LogP contribution in [0.5, 0.6) is 0 Å². The van der Waals surface area contributed by atoms with E-state index in [1.165, 1.54) is 0 Å². The molecule has 1 radical (unpaired) electrons. The van der Waals surface area contributed by atoms with Crippen LogP contribution in [0.25, 0.3) is 0 Å². The van der Waals surface area contributed by atoms with Crippen LogP contribution >= 0.6 is 0 Å². The fraction of sp³-hybridized carbons (Fsp3) is 0.800. The van der Waals surface area contributed by atoms with E-state index in [0.717, 1.165) is 6.61 Å². The van der Waals surface area contributed by atoms with Gasteiger partial charge >= 0.3 is 0 Å². The summed E-state index contributed by atoms with van der Waals surface area (Å²) in [6.07, 6.45) is 0. The van der Waals surface area contributed by atoms with Gasteiger partial charge < -0.3 is 4.74 Å². The van der Waals surface area contributed by atoms with Crippen LogP contribution in [-0.4, -0.2) is 13.7 Å². The summed E-state index contributed by atoms with van der Waals surface area (Å²) < 4.78 is 4.74. The molecule has 0 saturated carbocycles. The van der Waals surface area contributed by atoms with Gasteiger partial charge in [-0.05, 0) is 12.8 Å². The molecule has 6 heavy (non-hydrogen) atoms. The molecule has 0 N–H and O–H groups in total. The summed E-state index contributed by atoms with van der Waals surface area (Å²) in [4.78, 5) is 0. The van der Waals surface area contributed by atoms with E-state index in [4.69, 9.17) is 4.74 Å². The Labute approximate surface area is 39.3 Å². The molecule has 0 heterocycles. The first-order chi connectivity index (χ1) is 2.77. The van der Waals surface area contributed by atoms with Gasteiger partial charge in [-0.3, -0.25) is 0 Å². The fourth-order valence-corrected chi connectivity index (χ4v) is 0.285. The minimum Gasteiger partial charge on any atom is -0.384 e. The van der Waals surface area contributed by atoms with Crippen molar-refractivity contribution in [2.24, 2.45) is 5.92 Å². The van der Waals surface area contributed by atoms with Crippen molar-refractivity contribution in [1.29, 1.82) is 0 Å². The second-order valence-corrected chi connectivity index (χ2v) is 1.56. The van der Waals surface area contributed by atoms with Crippen molar-refractivity contribution in [1.82, 2.24) is 0 Å². The highest BCUT2D eigenvalue weighted by atomic mass is 16.5. The van der Waals surface area contributed by atoms with E-state index in [-0.39, 0.29) is 0 Å². The molecule has 0 amide bonds. The molecule has 0 aliphatic heterocycles. The van der Waals surface area contributed by atoms with Crippen LogP contribution in [0.4, 0.5) is 0 Å². The molecule has 0 aromatic heterocycles. The zero-order valence-corrected chi connectivity index (χ0v) is 4.40. The minimum absolute atomic E-state index is 0.426. The third-order valence-electron chi connectivity index (χ3n) is 0.451. The SMILES string of the molecule is [CH2]C(C)COC. The van der Waals surface area contributed by atoms with Crippen molar-refractivity contribution < 1.29 is 4.74 Å². The third kappa shape index (κ3) is 3.96. The van der Waals surface area contributed by atoms with E-state index >= 15 is 0 Å². The molecule has 0 saturated heterocycles. The van der Waals surface area contributed by atoms with Crippen molar-refractivity contribution in [3.8, 4) is 0 Å². The molecule has 37 valence electrons. The largest absolute Gasteiger partial charge is 0.384 e. The van der Waals surface area contributed by atoms with Crippen molar-refractivity contribution >= 4 is 0 Å². The van der Waals surface area contributed by atoms with Gasteiger partial charge in [-0.1, -0.05) is 6.92 Å². The van der Waals surface area contributed by atoms with Gasteiger partial charge in [-0.25, -0.2) is 0 Å². The predicted octanol–water partition coefficient (Wildman–Crippen LogP) is 1.10. The average molecular weight is 87.1 g/mol. The van der Waals surface area contributed by atoms with Crippen molar-refractivity contribution in [2.45, 2.75) is 6.92 Å². The Balaban J connectivity index is 2.63. The Hall–Kier alpha value is -0.0400. The summed E-state index contributed by atoms with van der Waals surface area (Å²) in [5, 5.41) is 0. The molecule has 0 spiro atoms. The van der Waals surface area contributed by atoms with E-state index in [1.807, 2.05) is 6.92 Å². The van der Waals surface area contributed by atoms with Gasteiger partial charge in [0.15, 0.2) is 0 Å². The van der Waals surface area contributed by atoms with E-state index in [2.05, 4.69) is 6.92 Å². The minimum atomic E-state index is 0.426. The topological polar surface area (TPSA) is 9.23 Å². The lowest BCUT2D eigenvalue weighted by molar-refractivity contribution is 0.175. The van der Waals surface area contributed by atoms with Gasteiger partial charge in [0.05, 0.1) is 0 Å². The predicted molar refractivity (Wildman–Crippen MR) is 26.4 cm³/mol. The summed E-state index contributed by atoms with van der Waals surface area (Å²) in [5.41, 5.74) is 0. The molecular weight excluding hydrogens is 76.1 g/mol. The number of hydrogen-bond acceptors (Lipinski definition) is 1. The van der Waals surface area contributed by atoms with Gasteiger partial charge in [-0.15, -0.1) is 0 Å². The highest BCUT2D eigenvalue weighted by molar-refractivity contribution is 4.48. The maximum Gasteiger partial charge on any atom is 0.0487 e. The first-order valence-electron chi connectivity index (χ1n) is 2.09. The van der Waals surface area contributed by atoms with Crippen molar-refractivity contribution in [3.05, 3.63) is 6.92 Å². The number of ether oxygens (including phenoxy) is 1. The third-order valence-corrected chi connectivity index (χ3v) is 0.451. The van der Waals surface area contributed by atoms with Crippen LogP contribution in [0, 0.1) is 12.8 Å². The second-order valence-electron chi connectivity index (χ2n) is 1.56. The van der Waals surface area contributed by atoms with E-state index in [9.17, 15) is 0 Å². The first-order valence-corrected chi connectivity index (χ1v) is 2.09. The lowest BCUT2D eigenvalue weighted by Crippen LogP contribution is -1.96. The molecule has 0 aromatic rings. The molecule has 0 aromatic carbocycles. The van der Waals surface area contributed by atoms with Crippen LogP contribution in [-0.2, 0) is 4.74 Å². The van der Waals surface area contributed by atoms with Crippen LogP contribution < -0.4 is 0 Å². The Kier molecular flexibility index (Phi) is 3.14. The van der Waals surface area contributed by atoms with Crippen LogP contribution in [0.15, 0.2) is 0 Å². The van der Waals surface area contributed by atoms with Gasteiger partial charge in [0.1, 0.15) is 0 Å². The smallest absolute Gasteiger partial charge is 0.0487 e. The number of hydrogen-bond donors (Lipinski definition) is 0. The second kappa shape index (κ2) is 3.16. The number of methoxy groups -OCH3 is 1. The normalized spacial score (nSPS) is 10.0. The maximum absolute atomic E-state index is 4.74. The van der Waals surface area contributed by atoms with Gasteiger partial charge in [-0.2, -0.15) is 0 Å². The van der Waals surface area contributed by atoms with Gasteiger partial charge in [0.2, 0.25) is 0 Å². The lowest BCUT2D eigenvalue weighted by Gasteiger charge is -1.97. The fourth-order valence-electron chi connectivity index (χ4n) is 0.285. The Morgan fingerprint density at radius 2 is 2.33 bits per heavy atom. The zero-order chi connectivity index (χ0) is 4.99. The molecule has 0 rings (SSSR count). The highest BCUT2D eigenvalue weighted by Gasteiger charge is 1.86. The monoisotopic (exact) mass is 87.1 g/mol. The molecule has 1 nitrogen and oxygen atoms in total. The summed E-state index contributed by atoms with van der Waals surface area (Å²) in [6.45, 7) is 6.48. The first kappa shape index (κ1) is 5.96.